The monoisotopic (exact) mass is 389 g/mol. The smallest absolute Gasteiger partial charge is 0.343 e. The van der Waals surface area contributed by atoms with Crippen LogP contribution in [0.15, 0.2) is 84.0 Å². The molecule has 0 saturated carbocycles. The third-order valence-electron chi connectivity index (χ3n) is 4.01. The lowest BCUT2D eigenvalue weighted by atomic mass is 10.0. The van der Waals surface area contributed by atoms with Crippen LogP contribution in [-0.2, 0) is 0 Å². The van der Waals surface area contributed by atoms with Crippen LogP contribution in [0.3, 0.4) is 0 Å². The summed E-state index contributed by atoms with van der Waals surface area (Å²) in [5.74, 6) is 4.58. The zero-order valence-corrected chi connectivity index (χ0v) is 15.0. The predicted octanol–water partition coefficient (Wildman–Crippen LogP) is 3.36. The highest BCUT2D eigenvalue weighted by molar-refractivity contribution is 6.51. The first-order valence-electron chi connectivity index (χ1n) is 8.44. The van der Waals surface area contributed by atoms with Crippen LogP contribution in [0.25, 0.3) is 0 Å². The molecule has 0 aliphatic carbocycles. The van der Waals surface area contributed by atoms with Crippen molar-refractivity contribution in [3.8, 4) is 5.75 Å². The van der Waals surface area contributed by atoms with Gasteiger partial charge in [-0.15, -0.1) is 0 Å². The van der Waals surface area contributed by atoms with Crippen molar-refractivity contribution in [3.05, 3.63) is 106 Å². The number of nitro benzene ring substituents is 1. The fourth-order valence-corrected chi connectivity index (χ4v) is 2.58. The van der Waals surface area contributed by atoms with E-state index in [0.717, 1.165) is 6.07 Å². The van der Waals surface area contributed by atoms with E-state index in [9.17, 15) is 19.7 Å². The minimum Gasteiger partial charge on any atom is -0.423 e. The molecule has 0 amide bonds. The van der Waals surface area contributed by atoms with Gasteiger partial charge in [0, 0.05) is 23.3 Å². The summed E-state index contributed by atoms with van der Waals surface area (Å²) in [5, 5.41) is 14.4. The van der Waals surface area contributed by atoms with Gasteiger partial charge in [0.15, 0.2) is 0 Å². The zero-order valence-electron chi connectivity index (χ0n) is 15.0. The van der Waals surface area contributed by atoms with E-state index in [0.29, 0.717) is 11.1 Å². The fraction of sp³-hybridized carbons (Fsp3) is 0. The average molecular weight is 389 g/mol. The number of hydrazone groups is 1. The van der Waals surface area contributed by atoms with Gasteiger partial charge in [0.25, 0.3) is 5.69 Å². The number of hydrogen-bond donors (Lipinski definition) is 1. The number of nitrogens with two attached hydrogens (primary N) is 1. The second-order valence-electron chi connectivity index (χ2n) is 5.89. The molecule has 29 heavy (non-hydrogen) atoms. The molecule has 0 aromatic heterocycles. The first-order valence-corrected chi connectivity index (χ1v) is 8.44. The Balaban J connectivity index is 1.79. The first-order chi connectivity index (χ1) is 14.0. The summed E-state index contributed by atoms with van der Waals surface area (Å²) in [7, 11) is 0. The van der Waals surface area contributed by atoms with Crippen molar-refractivity contribution in [2.24, 2.45) is 10.9 Å². The number of hydrogen-bond acceptors (Lipinski definition) is 7. The maximum atomic E-state index is 12.7. The minimum atomic E-state index is -0.591. The maximum absolute atomic E-state index is 12.7. The molecule has 0 aliphatic heterocycles. The number of nitro groups is 1. The van der Waals surface area contributed by atoms with Gasteiger partial charge >= 0.3 is 5.97 Å². The molecular weight excluding hydrogens is 374 g/mol. The molecule has 3 rings (SSSR count). The molecule has 0 unspecified atom stereocenters. The lowest BCUT2D eigenvalue weighted by Crippen LogP contribution is -2.18. The van der Waals surface area contributed by atoms with Crippen LogP contribution < -0.4 is 10.6 Å². The molecule has 0 fully saturated rings. The third-order valence-corrected chi connectivity index (χ3v) is 4.01. The topological polar surface area (TPSA) is 125 Å². The molecule has 0 aliphatic rings. The number of benzene rings is 3. The van der Waals surface area contributed by atoms with Gasteiger partial charge in [0.05, 0.1) is 10.5 Å². The molecule has 0 spiro atoms. The van der Waals surface area contributed by atoms with Crippen LogP contribution in [0.2, 0.25) is 0 Å². The van der Waals surface area contributed by atoms with Gasteiger partial charge in [-0.05, 0) is 36.4 Å². The number of non-ortho nitro benzene ring substituents is 1. The first kappa shape index (κ1) is 19.4. The van der Waals surface area contributed by atoms with E-state index in [1.54, 1.807) is 30.3 Å². The van der Waals surface area contributed by atoms with Gasteiger partial charge in [-0.1, -0.05) is 30.3 Å². The number of carbonyl (C=O) groups excluding carboxylic acids is 2. The van der Waals surface area contributed by atoms with E-state index in [1.807, 2.05) is 0 Å². The van der Waals surface area contributed by atoms with Crippen LogP contribution in [0, 0.1) is 10.1 Å². The highest BCUT2D eigenvalue weighted by Crippen LogP contribution is 2.18. The maximum Gasteiger partial charge on any atom is 0.343 e. The number of esters is 1. The Labute approximate surface area is 165 Å². The van der Waals surface area contributed by atoms with Crippen LogP contribution in [0.5, 0.6) is 5.75 Å². The van der Waals surface area contributed by atoms with Crippen molar-refractivity contribution < 1.29 is 19.2 Å². The van der Waals surface area contributed by atoms with Crippen molar-refractivity contribution in [2.75, 3.05) is 0 Å². The number of carbonyl (C=O) groups is 2. The Hall–Kier alpha value is -4.33. The summed E-state index contributed by atoms with van der Waals surface area (Å²) in [6.45, 7) is 0. The quantitative estimate of drug-likeness (QED) is 0.131. The van der Waals surface area contributed by atoms with Crippen molar-refractivity contribution >= 4 is 23.2 Å². The normalized spacial score (nSPS) is 11.0. The molecule has 0 atom stereocenters. The largest absolute Gasteiger partial charge is 0.423 e. The molecule has 3 aromatic rings. The van der Waals surface area contributed by atoms with Crippen molar-refractivity contribution in [1.29, 1.82) is 0 Å². The summed E-state index contributed by atoms with van der Waals surface area (Å²) >= 11 is 0. The second-order valence-corrected chi connectivity index (χ2v) is 5.89. The van der Waals surface area contributed by atoms with Crippen molar-refractivity contribution in [2.45, 2.75) is 0 Å². The van der Waals surface area contributed by atoms with E-state index in [2.05, 4.69) is 5.10 Å². The molecule has 0 saturated heterocycles. The number of ketones is 1. The molecule has 0 bridgehead atoms. The highest BCUT2D eigenvalue weighted by atomic mass is 16.6. The summed E-state index contributed by atoms with van der Waals surface area (Å²) in [6.07, 6.45) is 0. The van der Waals surface area contributed by atoms with E-state index < -0.39 is 16.7 Å². The summed E-state index contributed by atoms with van der Waals surface area (Å²) in [5.41, 5.74) is 0.579. The molecule has 0 heterocycles. The molecule has 144 valence electrons. The van der Waals surface area contributed by atoms with E-state index in [-0.39, 0.29) is 22.7 Å². The molecule has 3 aromatic carbocycles. The fourth-order valence-electron chi connectivity index (χ4n) is 2.58. The standard InChI is InChI=1S/C21H15N3O5/c22-23-19(20(25)16-7-4-8-17(13-16)24(27)28)14-9-11-18(12-10-14)29-21(26)15-5-2-1-3-6-15/h1-13H,22H2/b23-19+. The Morgan fingerprint density at radius 2 is 1.52 bits per heavy atom. The zero-order chi connectivity index (χ0) is 20.8. The SMILES string of the molecule is N/N=C(/C(=O)c1cccc([N+](=O)[O-])c1)c1ccc(OC(=O)c2ccccc2)cc1. The van der Waals surface area contributed by atoms with Gasteiger partial charge in [0.1, 0.15) is 11.5 Å². The number of rotatable bonds is 6. The number of ether oxygens (including phenoxy) is 1. The minimum absolute atomic E-state index is 0.0774. The molecule has 0 radical (unpaired) electrons. The number of Topliss-reactive ketones (excluding diaryl/α,β-unsaturated/α-hetero) is 1. The van der Waals surface area contributed by atoms with E-state index in [4.69, 9.17) is 10.6 Å². The van der Waals surface area contributed by atoms with E-state index in [1.165, 1.54) is 42.5 Å². The highest BCUT2D eigenvalue weighted by Gasteiger charge is 2.19. The summed E-state index contributed by atoms with van der Waals surface area (Å²) in [6, 6.07) is 19.8. The Morgan fingerprint density at radius 3 is 2.14 bits per heavy atom. The molecule has 8 heteroatoms. The van der Waals surface area contributed by atoms with Crippen LogP contribution in [-0.4, -0.2) is 22.4 Å². The van der Waals surface area contributed by atoms with E-state index >= 15 is 0 Å². The average Bonchev–Trinajstić information content (AvgIpc) is 2.76. The van der Waals surface area contributed by atoms with Crippen LogP contribution in [0.4, 0.5) is 5.69 Å². The third kappa shape index (κ3) is 4.51. The predicted molar refractivity (Wildman–Crippen MR) is 106 cm³/mol. The van der Waals surface area contributed by atoms with Crippen LogP contribution >= 0.6 is 0 Å². The Morgan fingerprint density at radius 1 is 0.862 bits per heavy atom. The van der Waals surface area contributed by atoms with Crippen molar-refractivity contribution in [3.63, 3.8) is 0 Å². The van der Waals surface area contributed by atoms with Crippen molar-refractivity contribution in [1.82, 2.24) is 0 Å². The second kappa shape index (κ2) is 8.57. The van der Waals surface area contributed by atoms with Gasteiger partial charge in [0.2, 0.25) is 5.78 Å². The summed E-state index contributed by atoms with van der Waals surface area (Å²) in [4.78, 5) is 35.1. The molecule has 8 nitrogen and oxygen atoms in total. The van der Waals surface area contributed by atoms with Gasteiger partial charge in [-0.25, -0.2) is 4.79 Å². The molecule has 2 N–H and O–H groups in total. The van der Waals surface area contributed by atoms with Gasteiger partial charge in [-0.2, -0.15) is 5.10 Å². The Kier molecular flexibility index (Phi) is 5.74. The van der Waals surface area contributed by atoms with Gasteiger partial charge < -0.3 is 10.6 Å². The summed E-state index contributed by atoms with van der Waals surface area (Å²) < 4.78 is 5.29. The molecular formula is C21H15N3O5. The Bertz CT molecular complexity index is 1090. The van der Waals surface area contributed by atoms with Gasteiger partial charge in [-0.3, -0.25) is 14.9 Å². The lowest BCUT2D eigenvalue weighted by Gasteiger charge is -2.07. The lowest BCUT2D eigenvalue weighted by molar-refractivity contribution is -0.384. The number of nitrogens with zero attached hydrogens (tertiary/aromatic N) is 2. The van der Waals surface area contributed by atoms with Crippen LogP contribution in [0.1, 0.15) is 26.3 Å².